The second-order valence-corrected chi connectivity index (χ2v) is 5.91. The fourth-order valence-corrected chi connectivity index (χ4v) is 2.56. The van der Waals surface area contributed by atoms with Crippen molar-refractivity contribution in [3.8, 4) is 17.2 Å². The number of rotatable bonds is 5. The highest BCUT2D eigenvalue weighted by molar-refractivity contribution is 5.89. The van der Waals surface area contributed by atoms with Crippen molar-refractivity contribution in [2.75, 3.05) is 7.11 Å². The largest absolute Gasteiger partial charge is 0.493 e. The lowest BCUT2D eigenvalue weighted by Gasteiger charge is -2.10. The van der Waals surface area contributed by atoms with Crippen molar-refractivity contribution < 1.29 is 14.3 Å². The molecule has 0 bridgehead atoms. The van der Waals surface area contributed by atoms with Gasteiger partial charge in [0, 0.05) is 6.07 Å². The van der Waals surface area contributed by atoms with Crippen LogP contribution in [0, 0.1) is 6.92 Å². The van der Waals surface area contributed by atoms with Crippen LogP contribution in [0.5, 0.6) is 11.5 Å². The van der Waals surface area contributed by atoms with Gasteiger partial charge in [-0.3, -0.25) is 9.89 Å². The van der Waals surface area contributed by atoms with Crippen molar-refractivity contribution in [1.29, 1.82) is 0 Å². The zero-order valence-electron chi connectivity index (χ0n) is 14.9. The molecule has 1 aromatic heterocycles. The molecule has 0 aliphatic heterocycles. The van der Waals surface area contributed by atoms with Crippen LogP contribution in [0.2, 0.25) is 0 Å². The van der Waals surface area contributed by atoms with Crippen LogP contribution in [-0.4, -0.2) is 22.9 Å². The van der Waals surface area contributed by atoms with Crippen LogP contribution in [-0.2, 0) is 6.42 Å². The first kappa shape index (κ1) is 17.5. The Morgan fingerprint density at radius 3 is 2.46 bits per heavy atom. The van der Waals surface area contributed by atoms with Crippen molar-refractivity contribution in [1.82, 2.24) is 9.78 Å². The molecule has 6 heteroatoms. The van der Waals surface area contributed by atoms with Gasteiger partial charge in [0.05, 0.1) is 12.8 Å². The Labute approximate surface area is 151 Å². The van der Waals surface area contributed by atoms with Gasteiger partial charge < -0.3 is 9.47 Å². The molecule has 0 aliphatic rings. The number of hydrogen-bond donors (Lipinski definition) is 1. The average Bonchev–Trinajstić information content (AvgIpc) is 3.04. The van der Waals surface area contributed by atoms with E-state index >= 15 is 0 Å². The van der Waals surface area contributed by atoms with E-state index in [1.807, 2.05) is 38.1 Å². The quantitative estimate of drug-likeness (QED) is 0.565. The molecule has 0 unspecified atom stereocenters. The number of nitrogens with one attached hydrogen (secondary N) is 1. The number of ether oxygens (including phenoxy) is 2. The van der Waals surface area contributed by atoms with Crippen molar-refractivity contribution in [2.24, 2.45) is 0 Å². The Balaban J connectivity index is 1.86. The molecule has 0 fully saturated rings. The Morgan fingerprint density at radius 1 is 1.08 bits per heavy atom. The first-order valence-electron chi connectivity index (χ1n) is 8.30. The third-order valence-corrected chi connectivity index (χ3v) is 4.07. The Bertz CT molecular complexity index is 984. The number of methoxy groups -OCH3 is 1. The lowest BCUT2D eigenvalue weighted by Crippen LogP contribution is -2.13. The SMILES string of the molecule is CCc1ccc(OC(=O)c2cc(=O)n(-c3ccc(C)cc3)[nH]2)c(OC)c1. The lowest BCUT2D eigenvalue weighted by molar-refractivity contribution is 0.0723. The summed E-state index contributed by atoms with van der Waals surface area (Å²) in [7, 11) is 1.52. The Hall–Kier alpha value is -3.28. The van der Waals surface area contributed by atoms with Crippen molar-refractivity contribution in [3.05, 3.63) is 75.7 Å². The highest BCUT2D eigenvalue weighted by Crippen LogP contribution is 2.28. The van der Waals surface area contributed by atoms with E-state index in [1.54, 1.807) is 18.2 Å². The van der Waals surface area contributed by atoms with E-state index in [0.717, 1.165) is 17.5 Å². The summed E-state index contributed by atoms with van der Waals surface area (Å²) in [5, 5.41) is 2.79. The van der Waals surface area contributed by atoms with E-state index in [2.05, 4.69) is 5.10 Å². The summed E-state index contributed by atoms with van der Waals surface area (Å²) in [6.45, 7) is 3.99. The van der Waals surface area contributed by atoms with Crippen LogP contribution in [0.25, 0.3) is 5.69 Å². The third-order valence-electron chi connectivity index (χ3n) is 4.07. The number of aromatic amines is 1. The minimum Gasteiger partial charge on any atom is -0.493 e. The minimum atomic E-state index is -0.657. The highest BCUT2D eigenvalue weighted by atomic mass is 16.6. The molecule has 3 aromatic rings. The van der Waals surface area contributed by atoms with Gasteiger partial charge >= 0.3 is 5.97 Å². The van der Waals surface area contributed by atoms with Crippen LogP contribution in [0.15, 0.2) is 53.3 Å². The van der Waals surface area contributed by atoms with Crippen LogP contribution in [0.4, 0.5) is 0 Å². The van der Waals surface area contributed by atoms with Crippen LogP contribution < -0.4 is 15.0 Å². The second kappa shape index (κ2) is 7.31. The van der Waals surface area contributed by atoms with Gasteiger partial charge in [-0.05, 0) is 43.2 Å². The molecule has 2 aromatic carbocycles. The molecule has 134 valence electrons. The number of esters is 1. The average molecular weight is 352 g/mol. The van der Waals surface area contributed by atoms with Gasteiger partial charge in [0.2, 0.25) is 0 Å². The van der Waals surface area contributed by atoms with Crippen LogP contribution in [0.3, 0.4) is 0 Å². The van der Waals surface area contributed by atoms with E-state index in [1.165, 1.54) is 17.9 Å². The predicted molar refractivity (Wildman–Crippen MR) is 98.5 cm³/mol. The number of carbonyl (C=O) groups is 1. The zero-order valence-corrected chi connectivity index (χ0v) is 14.9. The maximum Gasteiger partial charge on any atom is 0.361 e. The number of carbonyl (C=O) groups excluding carboxylic acids is 1. The summed E-state index contributed by atoms with van der Waals surface area (Å²) < 4.78 is 12.0. The molecular weight excluding hydrogens is 332 g/mol. The van der Waals surface area contributed by atoms with Crippen molar-refractivity contribution in [2.45, 2.75) is 20.3 Å². The van der Waals surface area contributed by atoms with Gasteiger partial charge in [-0.25, -0.2) is 9.48 Å². The molecule has 26 heavy (non-hydrogen) atoms. The number of hydrogen-bond acceptors (Lipinski definition) is 4. The summed E-state index contributed by atoms with van der Waals surface area (Å²) in [4.78, 5) is 24.6. The number of H-pyrrole nitrogens is 1. The number of aromatic nitrogens is 2. The third kappa shape index (κ3) is 3.54. The van der Waals surface area contributed by atoms with Crippen LogP contribution in [0.1, 0.15) is 28.5 Å². The molecule has 0 saturated heterocycles. The van der Waals surface area contributed by atoms with Gasteiger partial charge in [0.25, 0.3) is 5.56 Å². The van der Waals surface area contributed by atoms with Crippen LogP contribution >= 0.6 is 0 Å². The molecular formula is C20H20N2O4. The molecule has 3 rings (SSSR count). The van der Waals surface area contributed by atoms with Gasteiger partial charge in [0.15, 0.2) is 11.5 Å². The summed E-state index contributed by atoms with van der Waals surface area (Å²) >= 11 is 0. The molecule has 0 radical (unpaired) electrons. The van der Waals surface area contributed by atoms with E-state index in [-0.39, 0.29) is 11.3 Å². The summed E-state index contributed by atoms with van der Waals surface area (Å²) in [5.41, 5.74) is 2.52. The summed E-state index contributed by atoms with van der Waals surface area (Å²) in [6.07, 6.45) is 0.845. The minimum absolute atomic E-state index is 0.0668. The molecule has 1 N–H and O–H groups in total. The normalized spacial score (nSPS) is 10.6. The first-order valence-corrected chi connectivity index (χ1v) is 8.30. The Kier molecular flexibility index (Phi) is 4.93. The van der Waals surface area contributed by atoms with Gasteiger partial charge in [-0.2, -0.15) is 0 Å². The number of benzene rings is 2. The first-order chi connectivity index (χ1) is 12.5. The molecule has 0 amide bonds. The number of nitrogens with zero attached hydrogens (tertiary/aromatic N) is 1. The summed E-state index contributed by atoms with van der Waals surface area (Å²) in [5.74, 6) is 0.118. The van der Waals surface area contributed by atoms with E-state index in [0.29, 0.717) is 17.2 Å². The fourth-order valence-electron chi connectivity index (χ4n) is 2.56. The smallest absolute Gasteiger partial charge is 0.361 e. The zero-order chi connectivity index (χ0) is 18.7. The number of aryl methyl sites for hydroxylation is 2. The monoisotopic (exact) mass is 352 g/mol. The molecule has 6 nitrogen and oxygen atoms in total. The van der Waals surface area contributed by atoms with Crippen molar-refractivity contribution in [3.63, 3.8) is 0 Å². The predicted octanol–water partition coefficient (Wildman–Crippen LogP) is 3.26. The standard InChI is InChI=1S/C20H20N2O4/c1-4-14-7-10-17(18(11-14)25-3)26-20(24)16-12-19(23)22(21-16)15-8-5-13(2)6-9-15/h5-12,21H,4H2,1-3H3. The van der Waals surface area contributed by atoms with Gasteiger partial charge in [0.1, 0.15) is 5.69 Å². The van der Waals surface area contributed by atoms with Gasteiger partial charge in [-0.1, -0.05) is 30.7 Å². The lowest BCUT2D eigenvalue weighted by atomic mass is 10.1. The molecule has 0 spiro atoms. The van der Waals surface area contributed by atoms with Gasteiger partial charge in [-0.15, -0.1) is 0 Å². The topological polar surface area (TPSA) is 73.3 Å². The molecule has 0 saturated carbocycles. The molecule has 0 atom stereocenters. The highest BCUT2D eigenvalue weighted by Gasteiger charge is 2.17. The molecule has 0 aliphatic carbocycles. The van der Waals surface area contributed by atoms with E-state index in [4.69, 9.17) is 9.47 Å². The van der Waals surface area contributed by atoms with E-state index < -0.39 is 5.97 Å². The second-order valence-electron chi connectivity index (χ2n) is 5.91. The van der Waals surface area contributed by atoms with E-state index in [9.17, 15) is 9.59 Å². The van der Waals surface area contributed by atoms with Crippen molar-refractivity contribution >= 4 is 5.97 Å². The Morgan fingerprint density at radius 2 is 1.81 bits per heavy atom. The maximum absolute atomic E-state index is 12.4. The molecule has 1 heterocycles. The summed E-state index contributed by atoms with van der Waals surface area (Å²) in [6, 6.07) is 14.0. The maximum atomic E-state index is 12.4. The fraction of sp³-hybridized carbons (Fsp3) is 0.200.